The topological polar surface area (TPSA) is 96.6 Å². The molecule has 0 saturated heterocycles. The molecule has 0 bridgehead atoms. The van der Waals surface area contributed by atoms with E-state index in [1.54, 1.807) is 13.1 Å². The van der Waals surface area contributed by atoms with Crippen molar-refractivity contribution in [2.75, 3.05) is 7.05 Å². The van der Waals surface area contributed by atoms with Gasteiger partial charge in [-0.05, 0) is 31.4 Å². The van der Waals surface area contributed by atoms with Crippen molar-refractivity contribution in [1.82, 2.24) is 10.6 Å². The summed E-state index contributed by atoms with van der Waals surface area (Å²) in [7, 11) is -1.90. The van der Waals surface area contributed by atoms with Gasteiger partial charge >= 0.3 is 0 Å². The summed E-state index contributed by atoms with van der Waals surface area (Å²) in [4.78, 5) is 5.09. The van der Waals surface area contributed by atoms with E-state index in [2.05, 4.69) is 36.4 Å². The highest BCUT2D eigenvalue weighted by Gasteiger charge is 2.11. The Labute approximate surface area is 143 Å². The zero-order chi connectivity index (χ0) is 17.5. The molecular weight excluding hydrogens is 332 g/mol. The summed E-state index contributed by atoms with van der Waals surface area (Å²) >= 11 is 1.17. The van der Waals surface area contributed by atoms with Crippen molar-refractivity contribution < 1.29 is 8.42 Å². The maximum absolute atomic E-state index is 11.3. The Morgan fingerprint density at radius 3 is 2.52 bits per heavy atom. The third-order valence-electron chi connectivity index (χ3n) is 3.37. The summed E-state index contributed by atoms with van der Waals surface area (Å²) in [6.45, 7) is 7.11. The van der Waals surface area contributed by atoms with Gasteiger partial charge in [-0.2, -0.15) is 0 Å². The molecule has 0 aromatic carbocycles. The molecule has 1 atom stereocenters. The predicted molar refractivity (Wildman–Crippen MR) is 97.2 cm³/mol. The molecule has 8 heteroatoms. The van der Waals surface area contributed by atoms with Gasteiger partial charge in [0.25, 0.3) is 0 Å². The third kappa shape index (κ3) is 7.81. The number of sulfonamides is 1. The Balaban J connectivity index is 2.43. The minimum atomic E-state index is -3.62. The van der Waals surface area contributed by atoms with Crippen LogP contribution in [0.4, 0.5) is 0 Å². The van der Waals surface area contributed by atoms with Crippen molar-refractivity contribution >= 4 is 27.3 Å². The second-order valence-corrected chi connectivity index (χ2v) is 9.02. The first-order valence-electron chi connectivity index (χ1n) is 7.81. The predicted octanol–water partition coefficient (Wildman–Crippen LogP) is 2.28. The molecule has 1 heterocycles. The van der Waals surface area contributed by atoms with Crippen LogP contribution in [0.15, 0.2) is 21.3 Å². The Hall–Kier alpha value is -1.12. The zero-order valence-electron chi connectivity index (χ0n) is 14.3. The highest BCUT2D eigenvalue weighted by molar-refractivity contribution is 7.91. The lowest BCUT2D eigenvalue weighted by Gasteiger charge is -2.18. The van der Waals surface area contributed by atoms with E-state index >= 15 is 0 Å². The smallest absolute Gasteiger partial charge is 0.247 e. The molecule has 0 aliphatic carbocycles. The molecule has 132 valence electrons. The molecule has 1 rings (SSSR count). The number of aliphatic imine (C=N–C) groups is 1. The summed E-state index contributed by atoms with van der Waals surface area (Å²) in [6, 6.07) is 3.63. The first-order chi connectivity index (χ1) is 10.7. The minimum absolute atomic E-state index is 0.180. The van der Waals surface area contributed by atoms with Crippen molar-refractivity contribution in [2.24, 2.45) is 16.0 Å². The highest BCUT2D eigenvalue weighted by atomic mass is 32.2. The van der Waals surface area contributed by atoms with Crippen molar-refractivity contribution in [1.29, 1.82) is 0 Å². The molecule has 1 unspecified atom stereocenters. The van der Waals surface area contributed by atoms with Crippen LogP contribution in [0.1, 0.15) is 44.9 Å². The molecule has 1 aromatic rings. The first kappa shape index (κ1) is 19.9. The van der Waals surface area contributed by atoms with Gasteiger partial charge in [-0.25, -0.2) is 13.6 Å². The standard InChI is InChI=1S/C15H28N4O2S2/c1-11(2)6-5-7-12(3)19-15(17-4)18-10-13-8-9-14(22-13)23(16,20)21/h8-9,11-12H,5-7,10H2,1-4H3,(H2,16,20,21)(H2,17,18,19). The van der Waals surface area contributed by atoms with Crippen LogP contribution < -0.4 is 15.8 Å². The fraction of sp³-hybridized carbons (Fsp3) is 0.667. The summed E-state index contributed by atoms with van der Waals surface area (Å²) in [6.07, 6.45) is 3.50. The van der Waals surface area contributed by atoms with Crippen molar-refractivity contribution in [3.8, 4) is 0 Å². The quantitative estimate of drug-likeness (QED) is 0.489. The van der Waals surface area contributed by atoms with Gasteiger partial charge in [0.15, 0.2) is 5.96 Å². The number of hydrogen-bond donors (Lipinski definition) is 3. The average Bonchev–Trinajstić information content (AvgIpc) is 2.91. The van der Waals surface area contributed by atoms with Crippen LogP contribution in [0.3, 0.4) is 0 Å². The number of guanidine groups is 1. The minimum Gasteiger partial charge on any atom is -0.354 e. The van der Waals surface area contributed by atoms with Gasteiger partial charge in [-0.1, -0.05) is 26.7 Å². The summed E-state index contributed by atoms with van der Waals surface area (Å²) < 4.78 is 22.7. The lowest BCUT2D eigenvalue weighted by Crippen LogP contribution is -2.41. The normalized spacial score (nSPS) is 14.1. The van der Waals surface area contributed by atoms with E-state index in [9.17, 15) is 8.42 Å². The lowest BCUT2D eigenvalue weighted by molar-refractivity contribution is 0.491. The fourth-order valence-electron chi connectivity index (χ4n) is 2.11. The molecule has 0 aliphatic heterocycles. The Morgan fingerprint density at radius 1 is 1.30 bits per heavy atom. The van der Waals surface area contributed by atoms with Crippen molar-refractivity contribution in [3.05, 3.63) is 17.0 Å². The van der Waals surface area contributed by atoms with E-state index in [4.69, 9.17) is 5.14 Å². The van der Waals surface area contributed by atoms with Crippen LogP contribution in [0.5, 0.6) is 0 Å². The zero-order valence-corrected chi connectivity index (χ0v) is 15.9. The van der Waals surface area contributed by atoms with Gasteiger partial charge in [0.2, 0.25) is 10.0 Å². The fourth-order valence-corrected chi connectivity index (χ4v) is 3.83. The van der Waals surface area contributed by atoms with Crippen LogP contribution in [0.25, 0.3) is 0 Å². The van der Waals surface area contributed by atoms with Crippen LogP contribution in [0, 0.1) is 5.92 Å². The van der Waals surface area contributed by atoms with Gasteiger partial charge < -0.3 is 10.6 Å². The molecular formula is C15H28N4O2S2. The number of nitrogens with two attached hydrogens (primary N) is 1. The molecule has 4 N–H and O–H groups in total. The van der Waals surface area contributed by atoms with E-state index in [1.165, 1.54) is 30.2 Å². The van der Waals surface area contributed by atoms with Gasteiger partial charge in [0.05, 0.1) is 6.54 Å². The van der Waals surface area contributed by atoms with E-state index < -0.39 is 10.0 Å². The lowest BCUT2D eigenvalue weighted by atomic mass is 10.0. The van der Waals surface area contributed by atoms with Gasteiger partial charge in [0, 0.05) is 18.0 Å². The number of thiophene rings is 1. The first-order valence-corrected chi connectivity index (χ1v) is 10.2. The van der Waals surface area contributed by atoms with Crippen molar-refractivity contribution in [2.45, 2.75) is 56.8 Å². The third-order valence-corrected chi connectivity index (χ3v) is 5.90. The van der Waals surface area contributed by atoms with Gasteiger partial charge in [-0.15, -0.1) is 11.3 Å². The summed E-state index contributed by atoms with van der Waals surface area (Å²) in [5.41, 5.74) is 0. The number of nitrogens with zero attached hydrogens (tertiary/aromatic N) is 1. The van der Waals surface area contributed by atoms with Crippen molar-refractivity contribution in [3.63, 3.8) is 0 Å². The second-order valence-electron chi connectivity index (χ2n) is 6.06. The SMILES string of the molecule is CN=C(NCc1ccc(S(N)(=O)=O)s1)NC(C)CCCC(C)C. The van der Waals surface area contributed by atoms with E-state index in [0.29, 0.717) is 18.5 Å². The molecule has 6 nitrogen and oxygen atoms in total. The van der Waals surface area contributed by atoms with E-state index in [1.807, 2.05) is 0 Å². The molecule has 0 amide bonds. The largest absolute Gasteiger partial charge is 0.354 e. The number of primary sulfonamides is 1. The van der Waals surface area contributed by atoms with Crippen LogP contribution in [0.2, 0.25) is 0 Å². The van der Waals surface area contributed by atoms with Gasteiger partial charge in [0.1, 0.15) is 4.21 Å². The summed E-state index contributed by atoms with van der Waals surface area (Å²) in [5, 5.41) is 11.7. The Kier molecular flexibility index (Phi) is 8.01. The second kappa shape index (κ2) is 9.24. The van der Waals surface area contributed by atoms with Gasteiger partial charge in [-0.3, -0.25) is 4.99 Å². The van der Waals surface area contributed by atoms with Crippen LogP contribution in [-0.2, 0) is 16.6 Å². The monoisotopic (exact) mass is 360 g/mol. The molecule has 0 saturated carbocycles. The number of nitrogens with one attached hydrogen (secondary N) is 2. The molecule has 0 spiro atoms. The van der Waals surface area contributed by atoms with Crippen LogP contribution in [-0.4, -0.2) is 27.5 Å². The van der Waals surface area contributed by atoms with E-state index in [0.717, 1.165) is 17.2 Å². The summed E-state index contributed by atoms with van der Waals surface area (Å²) in [5.74, 6) is 1.44. The maximum atomic E-state index is 11.3. The number of hydrogen-bond acceptors (Lipinski definition) is 4. The van der Waals surface area contributed by atoms with Crippen LogP contribution >= 0.6 is 11.3 Å². The molecule has 23 heavy (non-hydrogen) atoms. The Morgan fingerprint density at radius 2 is 2.00 bits per heavy atom. The maximum Gasteiger partial charge on any atom is 0.247 e. The molecule has 0 aliphatic rings. The highest BCUT2D eigenvalue weighted by Crippen LogP contribution is 2.19. The molecule has 0 radical (unpaired) electrons. The van der Waals surface area contributed by atoms with E-state index in [-0.39, 0.29) is 4.21 Å². The molecule has 0 fully saturated rings. The Bertz CT molecular complexity index is 609. The average molecular weight is 361 g/mol. The molecule has 1 aromatic heterocycles. The number of rotatable bonds is 8.